The first kappa shape index (κ1) is 19.7. The zero-order valence-corrected chi connectivity index (χ0v) is 14.6. The molecule has 128 valence electrons. The van der Waals surface area contributed by atoms with Crippen LogP contribution in [-0.2, 0) is 13.1 Å². The third kappa shape index (κ3) is 5.35. The Morgan fingerprint density at radius 3 is 2.52 bits per heavy atom. The van der Waals surface area contributed by atoms with E-state index in [2.05, 4.69) is 50.3 Å². The van der Waals surface area contributed by atoms with Crippen molar-refractivity contribution in [3.63, 3.8) is 0 Å². The Balaban J connectivity index is 0.00000132. The molecule has 6 nitrogen and oxygen atoms in total. The molecule has 8 heteroatoms. The lowest BCUT2D eigenvalue weighted by Gasteiger charge is -2.23. The van der Waals surface area contributed by atoms with Gasteiger partial charge in [0.25, 0.3) is 0 Å². The van der Waals surface area contributed by atoms with Crippen LogP contribution in [-0.4, -0.2) is 41.2 Å². The first-order valence-electron chi connectivity index (χ1n) is 7.39. The zero-order chi connectivity index (χ0) is 14.5. The summed E-state index contributed by atoms with van der Waals surface area (Å²) in [5.74, 6) is 1.23. The Hall–Kier alpha value is -1.34. The Morgan fingerprint density at radius 2 is 1.83 bits per heavy atom. The highest BCUT2D eigenvalue weighted by Crippen LogP contribution is 2.16. The number of nitrogens with zero attached hydrogens (tertiary/aromatic N) is 4. The number of anilines is 1. The van der Waals surface area contributed by atoms with Gasteiger partial charge in [-0.3, -0.25) is 4.90 Å². The molecular formula is C15H23Cl2N5O. The average molecular weight is 360 g/mol. The molecule has 0 amide bonds. The molecule has 0 spiro atoms. The second-order valence-corrected chi connectivity index (χ2v) is 5.26. The van der Waals surface area contributed by atoms with Gasteiger partial charge in [-0.05, 0) is 18.6 Å². The number of para-hydroxylation sites is 1. The third-order valence-electron chi connectivity index (χ3n) is 3.76. The number of benzene rings is 1. The van der Waals surface area contributed by atoms with Gasteiger partial charge < -0.3 is 15.2 Å². The summed E-state index contributed by atoms with van der Waals surface area (Å²) in [6.45, 7) is 5.19. The molecular weight excluding hydrogens is 337 g/mol. The molecule has 2 heterocycles. The third-order valence-corrected chi connectivity index (χ3v) is 3.76. The van der Waals surface area contributed by atoms with Crippen molar-refractivity contribution in [3.05, 3.63) is 42.0 Å². The molecule has 0 atom stereocenters. The monoisotopic (exact) mass is 359 g/mol. The number of rotatable bonds is 4. The van der Waals surface area contributed by atoms with Crippen molar-refractivity contribution in [1.29, 1.82) is 0 Å². The number of hydrogen-bond acceptors (Lipinski definition) is 6. The van der Waals surface area contributed by atoms with Crippen LogP contribution in [0.4, 0.5) is 5.69 Å². The largest absolute Gasteiger partial charge is 0.370 e. The van der Waals surface area contributed by atoms with Crippen molar-refractivity contribution in [2.45, 2.75) is 19.5 Å². The van der Waals surface area contributed by atoms with Crippen LogP contribution in [0, 0.1) is 0 Å². The summed E-state index contributed by atoms with van der Waals surface area (Å²) in [7, 11) is 0. The van der Waals surface area contributed by atoms with Crippen LogP contribution in [0.3, 0.4) is 0 Å². The normalized spacial score (nSPS) is 15.4. The minimum absolute atomic E-state index is 0. The van der Waals surface area contributed by atoms with Gasteiger partial charge in [-0.25, -0.2) is 0 Å². The van der Waals surface area contributed by atoms with Gasteiger partial charge >= 0.3 is 0 Å². The maximum absolute atomic E-state index is 5.49. The molecule has 1 aromatic carbocycles. The van der Waals surface area contributed by atoms with Crippen molar-refractivity contribution < 1.29 is 4.52 Å². The molecule has 23 heavy (non-hydrogen) atoms. The SMILES string of the molecule is Cl.Cl.NCc1nc(CN2CCCN(c3ccccc3)CC2)no1. The van der Waals surface area contributed by atoms with Crippen LogP contribution in [0.2, 0.25) is 0 Å². The number of nitrogens with two attached hydrogens (primary N) is 1. The molecule has 2 N–H and O–H groups in total. The summed E-state index contributed by atoms with van der Waals surface area (Å²) >= 11 is 0. The lowest BCUT2D eigenvalue weighted by molar-refractivity contribution is 0.271. The lowest BCUT2D eigenvalue weighted by Crippen LogP contribution is -2.30. The van der Waals surface area contributed by atoms with Crippen molar-refractivity contribution in [1.82, 2.24) is 15.0 Å². The highest BCUT2D eigenvalue weighted by molar-refractivity contribution is 5.85. The molecule has 0 aliphatic carbocycles. The summed E-state index contributed by atoms with van der Waals surface area (Å²) in [6.07, 6.45) is 1.14. The Morgan fingerprint density at radius 1 is 1.04 bits per heavy atom. The second-order valence-electron chi connectivity index (χ2n) is 5.26. The quantitative estimate of drug-likeness (QED) is 0.900. The molecule has 0 radical (unpaired) electrons. The van der Waals surface area contributed by atoms with Gasteiger partial charge in [0, 0.05) is 31.9 Å². The smallest absolute Gasteiger partial charge is 0.240 e. The Bertz CT molecular complexity index is 566. The number of hydrogen-bond donors (Lipinski definition) is 1. The molecule has 0 saturated carbocycles. The number of halogens is 2. The van der Waals surface area contributed by atoms with Gasteiger partial charge in [0.1, 0.15) is 0 Å². The van der Waals surface area contributed by atoms with Crippen LogP contribution in [0.25, 0.3) is 0 Å². The molecule has 0 unspecified atom stereocenters. The first-order chi connectivity index (χ1) is 10.3. The standard InChI is InChI=1S/C15H21N5O.2ClH/c16-11-15-17-14(18-21-15)12-19-7-4-8-20(10-9-19)13-5-2-1-3-6-13;;/h1-3,5-6H,4,7-12,16H2;2*1H. The van der Waals surface area contributed by atoms with Crippen LogP contribution in [0.5, 0.6) is 0 Å². The highest BCUT2D eigenvalue weighted by Gasteiger charge is 2.17. The minimum Gasteiger partial charge on any atom is -0.370 e. The molecule has 1 aliphatic heterocycles. The van der Waals surface area contributed by atoms with Gasteiger partial charge in [-0.15, -0.1) is 24.8 Å². The molecule has 1 saturated heterocycles. The van der Waals surface area contributed by atoms with E-state index >= 15 is 0 Å². The average Bonchev–Trinajstić information content (AvgIpc) is 2.85. The maximum Gasteiger partial charge on any atom is 0.240 e. The molecule has 1 aromatic heterocycles. The summed E-state index contributed by atoms with van der Waals surface area (Å²) in [4.78, 5) is 9.07. The van der Waals surface area contributed by atoms with Crippen LogP contribution in [0.15, 0.2) is 34.9 Å². The fourth-order valence-corrected chi connectivity index (χ4v) is 2.66. The molecule has 0 bridgehead atoms. The van der Waals surface area contributed by atoms with E-state index in [4.69, 9.17) is 10.3 Å². The second kappa shape index (κ2) is 9.72. The van der Waals surface area contributed by atoms with Gasteiger partial charge in [0.2, 0.25) is 5.89 Å². The highest BCUT2D eigenvalue weighted by atomic mass is 35.5. The van der Waals surface area contributed by atoms with E-state index in [1.54, 1.807) is 0 Å². The first-order valence-corrected chi connectivity index (χ1v) is 7.39. The molecule has 1 aliphatic rings. The fourth-order valence-electron chi connectivity index (χ4n) is 2.66. The van der Waals surface area contributed by atoms with Gasteiger partial charge in [0.05, 0.1) is 13.1 Å². The van der Waals surface area contributed by atoms with Gasteiger partial charge in [-0.2, -0.15) is 4.98 Å². The van der Waals surface area contributed by atoms with Crippen LogP contribution >= 0.6 is 24.8 Å². The van der Waals surface area contributed by atoms with E-state index in [1.165, 1.54) is 5.69 Å². The van der Waals surface area contributed by atoms with Crippen LogP contribution < -0.4 is 10.6 Å². The topological polar surface area (TPSA) is 71.4 Å². The Kier molecular flexibility index (Phi) is 8.33. The predicted octanol–water partition coefficient (Wildman–Crippen LogP) is 2.08. The summed E-state index contributed by atoms with van der Waals surface area (Å²) < 4.78 is 5.05. The van der Waals surface area contributed by atoms with Crippen molar-refractivity contribution in [2.75, 3.05) is 31.1 Å². The van der Waals surface area contributed by atoms with Gasteiger partial charge in [0.15, 0.2) is 5.82 Å². The van der Waals surface area contributed by atoms with E-state index in [1.807, 2.05) is 0 Å². The summed E-state index contributed by atoms with van der Waals surface area (Å²) in [6, 6.07) is 10.6. The zero-order valence-electron chi connectivity index (χ0n) is 12.9. The van der Waals surface area contributed by atoms with Crippen molar-refractivity contribution in [3.8, 4) is 0 Å². The molecule has 3 rings (SSSR count). The van der Waals surface area contributed by atoms with E-state index < -0.39 is 0 Å². The van der Waals surface area contributed by atoms with Crippen LogP contribution in [0.1, 0.15) is 18.1 Å². The molecule has 2 aromatic rings. The van der Waals surface area contributed by atoms with E-state index in [0.29, 0.717) is 12.4 Å². The Labute approximate surface area is 148 Å². The number of aromatic nitrogens is 2. The summed E-state index contributed by atoms with van der Waals surface area (Å²) in [5.41, 5.74) is 6.78. The van der Waals surface area contributed by atoms with Crippen molar-refractivity contribution >= 4 is 30.5 Å². The lowest BCUT2D eigenvalue weighted by atomic mass is 10.3. The summed E-state index contributed by atoms with van der Waals surface area (Å²) in [5, 5.41) is 3.97. The predicted molar refractivity (Wildman–Crippen MR) is 95.2 cm³/mol. The fraction of sp³-hybridized carbons (Fsp3) is 0.467. The molecule has 1 fully saturated rings. The van der Waals surface area contributed by atoms with E-state index in [0.717, 1.165) is 45.0 Å². The minimum atomic E-state index is 0. The van der Waals surface area contributed by atoms with Crippen molar-refractivity contribution in [2.24, 2.45) is 5.73 Å². The maximum atomic E-state index is 5.49. The van der Waals surface area contributed by atoms with E-state index in [9.17, 15) is 0 Å². The van der Waals surface area contributed by atoms with Gasteiger partial charge in [-0.1, -0.05) is 23.4 Å². The van der Waals surface area contributed by atoms with E-state index in [-0.39, 0.29) is 24.8 Å².